The van der Waals surface area contributed by atoms with Gasteiger partial charge in [-0.2, -0.15) is 0 Å². The fourth-order valence-corrected chi connectivity index (χ4v) is 7.37. The van der Waals surface area contributed by atoms with Gasteiger partial charge in [0.15, 0.2) is 5.78 Å². The Labute approximate surface area is 232 Å². The number of ether oxygens (including phenoxy) is 1. The third-order valence-electron chi connectivity index (χ3n) is 7.70. The number of hydrogen-bond acceptors (Lipinski definition) is 6. The monoisotopic (exact) mass is 559 g/mol. The number of H-pyrrole nitrogens is 1. The molecule has 3 aliphatic rings. The molecule has 1 aromatic heterocycles. The van der Waals surface area contributed by atoms with E-state index in [4.69, 9.17) is 4.74 Å². The predicted molar refractivity (Wildman–Crippen MR) is 151 cm³/mol. The molecule has 1 amide bonds. The highest BCUT2D eigenvalue weighted by Gasteiger charge is 2.34. The third kappa shape index (κ3) is 4.42. The largest absolute Gasteiger partial charge is 0.466 e. The second-order valence-electron chi connectivity index (χ2n) is 10.1. The molecule has 3 heterocycles. The van der Waals surface area contributed by atoms with E-state index >= 15 is 0 Å². The number of sulfonamides is 1. The van der Waals surface area contributed by atoms with Gasteiger partial charge in [-0.05, 0) is 74.1 Å². The molecule has 0 bridgehead atoms. The Balaban J connectivity index is 1.40. The SMILES string of the molecule is CCOC(=O)CCc1c(C=C2C(=O)Nc3ccc(S(=O)(=O)N4CCc5ccccc54)cc32)[nH]c2c1C(=O)CCC2. The summed E-state index contributed by atoms with van der Waals surface area (Å²) in [6.45, 7) is 2.36. The van der Waals surface area contributed by atoms with E-state index in [0.29, 0.717) is 59.6 Å². The van der Waals surface area contributed by atoms with Crippen molar-refractivity contribution in [3.63, 3.8) is 0 Å². The number of hydrogen-bond donors (Lipinski definition) is 2. The highest BCUT2D eigenvalue weighted by Crippen LogP contribution is 2.39. The number of fused-ring (bicyclic) bond motifs is 3. The van der Waals surface area contributed by atoms with Crippen LogP contribution in [0.3, 0.4) is 0 Å². The molecule has 0 radical (unpaired) electrons. The lowest BCUT2D eigenvalue weighted by Gasteiger charge is -2.20. The van der Waals surface area contributed by atoms with E-state index in [9.17, 15) is 22.8 Å². The van der Waals surface area contributed by atoms with Crippen LogP contribution in [0.1, 0.15) is 64.6 Å². The molecule has 3 aromatic rings. The fourth-order valence-electron chi connectivity index (χ4n) is 5.84. The van der Waals surface area contributed by atoms with Crippen LogP contribution in [-0.2, 0) is 43.6 Å². The van der Waals surface area contributed by atoms with Gasteiger partial charge in [-0.1, -0.05) is 18.2 Å². The summed E-state index contributed by atoms with van der Waals surface area (Å²) in [6, 6.07) is 12.1. The van der Waals surface area contributed by atoms with Gasteiger partial charge in [-0.3, -0.25) is 18.7 Å². The van der Waals surface area contributed by atoms with Gasteiger partial charge in [0.25, 0.3) is 15.9 Å². The lowest BCUT2D eigenvalue weighted by molar-refractivity contribution is -0.143. The molecule has 0 saturated carbocycles. The first kappa shape index (κ1) is 26.1. The molecule has 40 heavy (non-hydrogen) atoms. The smallest absolute Gasteiger partial charge is 0.306 e. The Hall–Kier alpha value is -4.18. The van der Waals surface area contributed by atoms with Gasteiger partial charge in [-0.25, -0.2) is 8.42 Å². The molecule has 6 rings (SSSR count). The summed E-state index contributed by atoms with van der Waals surface area (Å²) in [6.07, 6.45) is 4.53. The van der Waals surface area contributed by atoms with Crippen molar-refractivity contribution in [1.82, 2.24) is 4.98 Å². The molecule has 0 spiro atoms. The minimum Gasteiger partial charge on any atom is -0.466 e. The zero-order valence-electron chi connectivity index (χ0n) is 22.1. The zero-order chi connectivity index (χ0) is 28.0. The topological polar surface area (TPSA) is 126 Å². The number of aromatic nitrogens is 1. The number of anilines is 2. The van der Waals surface area contributed by atoms with Gasteiger partial charge in [0.05, 0.1) is 22.8 Å². The van der Waals surface area contributed by atoms with Crippen LogP contribution in [0.4, 0.5) is 11.4 Å². The molecule has 0 saturated heterocycles. The van der Waals surface area contributed by atoms with E-state index in [-0.39, 0.29) is 47.6 Å². The molecule has 0 atom stereocenters. The standard InChI is InChI=1S/C30H29N3O6S/c1-2-39-28(35)13-11-20-25(31-24-7-5-9-27(34)29(20)24)17-22-21-16-19(10-12-23(21)32-30(22)36)40(37,38)33-15-14-18-6-3-4-8-26(18)33/h3-4,6,8,10,12,16-17,31H,2,5,7,9,11,13-15H2,1H3,(H,32,36). The molecule has 0 unspecified atom stereocenters. The van der Waals surface area contributed by atoms with Crippen LogP contribution in [0.2, 0.25) is 0 Å². The Kier molecular flexibility index (Phi) is 6.58. The minimum absolute atomic E-state index is 0.0107. The number of benzene rings is 2. The first-order valence-corrected chi connectivity index (χ1v) is 14.9. The van der Waals surface area contributed by atoms with E-state index in [0.717, 1.165) is 17.7 Å². The van der Waals surface area contributed by atoms with Gasteiger partial charge < -0.3 is 15.0 Å². The number of para-hydroxylation sites is 1. The quantitative estimate of drug-likeness (QED) is 0.329. The van der Waals surface area contributed by atoms with E-state index in [1.54, 1.807) is 25.1 Å². The summed E-state index contributed by atoms with van der Waals surface area (Å²) >= 11 is 0. The third-order valence-corrected chi connectivity index (χ3v) is 9.51. The predicted octanol–water partition coefficient (Wildman–Crippen LogP) is 4.27. The maximum Gasteiger partial charge on any atom is 0.306 e. The number of carbonyl (C=O) groups excluding carboxylic acids is 3. The maximum absolute atomic E-state index is 13.7. The second kappa shape index (κ2) is 10.1. The maximum atomic E-state index is 13.7. The van der Waals surface area contributed by atoms with Crippen LogP contribution in [0, 0.1) is 0 Å². The number of amides is 1. The number of ketones is 1. The summed E-state index contributed by atoms with van der Waals surface area (Å²) in [5.74, 6) is -0.718. The lowest BCUT2D eigenvalue weighted by Crippen LogP contribution is -2.29. The van der Waals surface area contributed by atoms with Crippen molar-refractivity contribution in [3.05, 3.63) is 76.1 Å². The van der Waals surface area contributed by atoms with Crippen molar-refractivity contribution in [2.75, 3.05) is 22.8 Å². The average Bonchev–Trinajstić information content (AvgIpc) is 3.61. The Morgan fingerprint density at radius 3 is 2.75 bits per heavy atom. The van der Waals surface area contributed by atoms with Crippen molar-refractivity contribution >= 4 is 50.7 Å². The molecule has 2 aliphatic heterocycles. The number of aromatic amines is 1. The van der Waals surface area contributed by atoms with Crippen LogP contribution < -0.4 is 9.62 Å². The van der Waals surface area contributed by atoms with Crippen LogP contribution >= 0.6 is 0 Å². The molecule has 0 fully saturated rings. The number of carbonyl (C=O) groups is 3. The molecular weight excluding hydrogens is 530 g/mol. The fraction of sp³-hybridized carbons (Fsp3) is 0.300. The summed E-state index contributed by atoms with van der Waals surface area (Å²) in [5.41, 5.74) is 5.55. The number of rotatable bonds is 7. The van der Waals surface area contributed by atoms with Crippen molar-refractivity contribution in [2.24, 2.45) is 0 Å². The first-order valence-electron chi connectivity index (χ1n) is 13.5. The summed E-state index contributed by atoms with van der Waals surface area (Å²) in [7, 11) is -3.87. The van der Waals surface area contributed by atoms with E-state index in [2.05, 4.69) is 10.3 Å². The molecule has 2 aromatic carbocycles. The van der Waals surface area contributed by atoms with Crippen LogP contribution in [0.15, 0.2) is 47.4 Å². The number of esters is 1. The van der Waals surface area contributed by atoms with Crippen LogP contribution in [-0.4, -0.2) is 44.2 Å². The van der Waals surface area contributed by atoms with Gasteiger partial charge in [-0.15, -0.1) is 0 Å². The molecule has 9 nitrogen and oxygen atoms in total. The normalized spacial score (nSPS) is 17.0. The number of Topliss-reactive ketones (excluding diaryl/α,β-unsaturated/α-hetero) is 1. The number of nitrogens with zero attached hydrogens (tertiary/aromatic N) is 1. The Morgan fingerprint density at radius 2 is 1.93 bits per heavy atom. The minimum atomic E-state index is -3.87. The van der Waals surface area contributed by atoms with Gasteiger partial charge in [0.2, 0.25) is 0 Å². The van der Waals surface area contributed by atoms with E-state index in [1.807, 2.05) is 18.2 Å². The van der Waals surface area contributed by atoms with Gasteiger partial charge in [0, 0.05) is 47.6 Å². The summed E-state index contributed by atoms with van der Waals surface area (Å²) in [5, 5.41) is 2.82. The molecular formula is C30H29N3O6S. The highest BCUT2D eigenvalue weighted by molar-refractivity contribution is 7.92. The van der Waals surface area contributed by atoms with Crippen LogP contribution in [0.5, 0.6) is 0 Å². The van der Waals surface area contributed by atoms with Crippen LogP contribution in [0.25, 0.3) is 11.6 Å². The Morgan fingerprint density at radius 1 is 1.10 bits per heavy atom. The molecule has 10 heteroatoms. The number of nitrogens with one attached hydrogen (secondary N) is 2. The summed E-state index contributed by atoms with van der Waals surface area (Å²) < 4.78 is 33.9. The van der Waals surface area contributed by atoms with Crippen molar-refractivity contribution in [1.29, 1.82) is 0 Å². The lowest BCUT2D eigenvalue weighted by atomic mass is 9.91. The zero-order valence-corrected chi connectivity index (χ0v) is 22.9. The molecule has 2 N–H and O–H groups in total. The number of aryl methyl sites for hydroxylation is 1. The molecule has 206 valence electrons. The van der Waals surface area contributed by atoms with Crippen molar-refractivity contribution < 1.29 is 27.5 Å². The van der Waals surface area contributed by atoms with Gasteiger partial charge in [0.1, 0.15) is 0 Å². The molecule has 1 aliphatic carbocycles. The van der Waals surface area contributed by atoms with E-state index < -0.39 is 10.0 Å². The average molecular weight is 560 g/mol. The van der Waals surface area contributed by atoms with E-state index in [1.165, 1.54) is 16.4 Å². The second-order valence-corrected chi connectivity index (χ2v) is 12.0. The summed E-state index contributed by atoms with van der Waals surface area (Å²) in [4.78, 5) is 41.5. The Bertz CT molecular complexity index is 1700. The van der Waals surface area contributed by atoms with Crippen molar-refractivity contribution in [3.8, 4) is 0 Å². The van der Waals surface area contributed by atoms with Gasteiger partial charge >= 0.3 is 5.97 Å². The van der Waals surface area contributed by atoms with Crippen molar-refractivity contribution in [2.45, 2.75) is 50.3 Å². The first-order chi connectivity index (χ1) is 19.3. The highest BCUT2D eigenvalue weighted by atomic mass is 32.2.